The van der Waals surface area contributed by atoms with Crippen molar-refractivity contribution >= 4 is 20.8 Å². The molecule has 0 radical (unpaired) electrons. The molecule has 3 aromatic rings. The Labute approximate surface area is 158 Å². The molecular formula is C20H21NO5S. The fourth-order valence-electron chi connectivity index (χ4n) is 2.76. The first-order valence-corrected chi connectivity index (χ1v) is 9.73. The predicted octanol–water partition coefficient (Wildman–Crippen LogP) is 3.34. The second-order valence-corrected chi connectivity index (χ2v) is 7.62. The number of benzene rings is 3. The Morgan fingerprint density at radius 1 is 0.778 bits per heavy atom. The highest BCUT2D eigenvalue weighted by atomic mass is 32.2. The summed E-state index contributed by atoms with van der Waals surface area (Å²) in [5.74, 6) is 1.48. The third kappa shape index (κ3) is 4.15. The van der Waals surface area contributed by atoms with Crippen LogP contribution in [0.25, 0.3) is 10.8 Å². The van der Waals surface area contributed by atoms with Crippen LogP contribution in [0.15, 0.2) is 59.5 Å². The molecule has 0 saturated carbocycles. The van der Waals surface area contributed by atoms with Gasteiger partial charge in [0.2, 0.25) is 10.0 Å². The van der Waals surface area contributed by atoms with Gasteiger partial charge in [0.1, 0.15) is 22.1 Å². The van der Waals surface area contributed by atoms with Crippen LogP contribution in [-0.4, -0.2) is 29.7 Å². The van der Waals surface area contributed by atoms with Crippen molar-refractivity contribution in [1.29, 1.82) is 0 Å². The molecule has 3 rings (SSSR count). The smallest absolute Gasteiger partial charge is 0.244 e. The molecule has 0 aliphatic rings. The van der Waals surface area contributed by atoms with Crippen LogP contribution in [0, 0.1) is 0 Å². The monoisotopic (exact) mass is 387 g/mol. The predicted molar refractivity (Wildman–Crippen MR) is 104 cm³/mol. The fraction of sp³-hybridized carbons (Fsp3) is 0.200. The molecular weight excluding hydrogens is 366 g/mol. The van der Waals surface area contributed by atoms with Crippen molar-refractivity contribution in [2.24, 2.45) is 0 Å². The molecule has 142 valence electrons. The molecule has 0 bridgehead atoms. The van der Waals surface area contributed by atoms with Gasteiger partial charge >= 0.3 is 0 Å². The van der Waals surface area contributed by atoms with E-state index < -0.39 is 10.0 Å². The molecule has 3 aromatic carbocycles. The summed E-state index contributed by atoms with van der Waals surface area (Å²) in [6, 6.07) is 16.2. The molecule has 0 fully saturated rings. The zero-order chi connectivity index (χ0) is 19.4. The quantitative estimate of drug-likeness (QED) is 0.673. The lowest BCUT2D eigenvalue weighted by Crippen LogP contribution is -2.23. The molecule has 0 unspecified atom stereocenters. The van der Waals surface area contributed by atoms with E-state index in [1.54, 1.807) is 19.2 Å². The molecule has 0 aliphatic heterocycles. The molecule has 27 heavy (non-hydrogen) atoms. The maximum atomic E-state index is 12.7. The van der Waals surface area contributed by atoms with Gasteiger partial charge in [0.25, 0.3) is 0 Å². The first-order chi connectivity index (χ1) is 13.0. The summed E-state index contributed by atoms with van der Waals surface area (Å²) < 4.78 is 43.6. The van der Waals surface area contributed by atoms with Gasteiger partial charge in [-0.15, -0.1) is 0 Å². The van der Waals surface area contributed by atoms with Crippen molar-refractivity contribution in [1.82, 2.24) is 4.72 Å². The van der Waals surface area contributed by atoms with Crippen molar-refractivity contribution in [2.75, 3.05) is 21.3 Å². The molecule has 1 N–H and O–H groups in total. The van der Waals surface area contributed by atoms with Gasteiger partial charge in [-0.2, -0.15) is 0 Å². The zero-order valence-corrected chi connectivity index (χ0v) is 16.2. The summed E-state index contributed by atoms with van der Waals surface area (Å²) >= 11 is 0. The lowest BCUT2D eigenvalue weighted by molar-refractivity contribution is 0.392. The molecule has 6 nitrogen and oxygen atoms in total. The first-order valence-electron chi connectivity index (χ1n) is 8.25. The van der Waals surface area contributed by atoms with E-state index in [2.05, 4.69) is 4.72 Å². The van der Waals surface area contributed by atoms with E-state index in [1.165, 1.54) is 20.3 Å². The molecule has 0 aromatic heterocycles. The van der Waals surface area contributed by atoms with Crippen LogP contribution in [0.2, 0.25) is 0 Å². The number of fused-ring (bicyclic) bond motifs is 1. The highest BCUT2D eigenvalue weighted by molar-refractivity contribution is 7.89. The van der Waals surface area contributed by atoms with Crippen molar-refractivity contribution in [3.63, 3.8) is 0 Å². The highest BCUT2D eigenvalue weighted by Crippen LogP contribution is 2.28. The van der Waals surface area contributed by atoms with Gasteiger partial charge in [-0.05, 0) is 46.7 Å². The average Bonchev–Trinajstić information content (AvgIpc) is 2.71. The van der Waals surface area contributed by atoms with Crippen LogP contribution in [-0.2, 0) is 16.6 Å². The third-order valence-electron chi connectivity index (χ3n) is 4.24. The average molecular weight is 387 g/mol. The van der Waals surface area contributed by atoms with Gasteiger partial charge in [-0.1, -0.05) is 18.2 Å². The lowest BCUT2D eigenvalue weighted by atomic mass is 10.1. The summed E-state index contributed by atoms with van der Waals surface area (Å²) in [5.41, 5.74) is 0.845. The fourth-order valence-corrected chi connectivity index (χ4v) is 3.96. The number of hydrogen-bond acceptors (Lipinski definition) is 5. The van der Waals surface area contributed by atoms with Crippen LogP contribution < -0.4 is 18.9 Å². The third-order valence-corrected chi connectivity index (χ3v) is 5.66. The summed E-state index contributed by atoms with van der Waals surface area (Å²) in [6.45, 7) is 0.157. The second-order valence-electron chi connectivity index (χ2n) is 5.89. The van der Waals surface area contributed by atoms with Crippen LogP contribution in [0.3, 0.4) is 0 Å². The van der Waals surface area contributed by atoms with Crippen molar-refractivity contribution in [3.8, 4) is 17.2 Å². The van der Waals surface area contributed by atoms with Crippen molar-refractivity contribution < 1.29 is 22.6 Å². The minimum atomic E-state index is -3.77. The van der Waals surface area contributed by atoms with E-state index in [9.17, 15) is 8.42 Å². The van der Waals surface area contributed by atoms with Crippen LogP contribution in [0.5, 0.6) is 17.2 Å². The van der Waals surface area contributed by atoms with Gasteiger partial charge in [0.05, 0.1) is 21.3 Å². The Bertz CT molecular complexity index is 1060. The SMILES string of the molecule is COc1ccc(OC)c(S(=O)(=O)NCc2ccc3cc(OC)ccc3c2)c1. The Kier molecular flexibility index (Phi) is 5.53. The zero-order valence-electron chi connectivity index (χ0n) is 15.4. The number of sulfonamides is 1. The molecule has 0 atom stereocenters. The summed E-state index contributed by atoms with van der Waals surface area (Å²) in [6.07, 6.45) is 0. The molecule has 0 amide bonds. The number of rotatable bonds is 7. The van der Waals surface area contributed by atoms with E-state index in [-0.39, 0.29) is 17.2 Å². The minimum Gasteiger partial charge on any atom is -0.497 e. The molecule has 0 spiro atoms. The summed E-state index contributed by atoms with van der Waals surface area (Å²) in [4.78, 5) is 0.0369. The van der Waals surface area contributed by atoms with E-state index in [1.807, 2.05) is 36.4 Å². The number of hydrogen-bond donors (Lipinski definition) is 1. The normalized spacial score (nSPS) is 11.4. The first kappa shape index (κ1) is 19.0. The van der Waals surface area contributed by atoms with Crippen LogP contribution in [0.1, 0.15) is 5.56 Å². The number of ether oxygens (including phenoxy) is 3. The Morgan fingerprint density at radius 3 is 2.11 bits per heavy atom. The van der Waals surface area contributed by atoms with E-state index in [4.69, 9.17) is 14.2 Å². The number of nitrogens with one attached hydrogen (secondary N) is 1. The van der Waals surface area contributed by atoms with Gasteiger partial charge in [0.15, 0.2) is 0 Å². The van der Waals surface area contributed by atoms with Gasteiger partial charge in [-0.3, -0.25) is 0 Å². The molecule has 0 heterocycles. The Morgan fingerprint density at radius 2 is 1.41 bits per heavy atom. The van der Waals surface area contributed by atoms with Crippen molar-refractivity contribution in [3.05, 3.63) is 60.2 Å². The lowest BCUT2D eigenvalue weighted by Gasteiger charge is -2.12. The van der Waals surface area contributed by atoms with Crippen LogP contribution >= 0.6 is 0 Å². The maximum absolute atomic E-state index is 12.7. The topological polar surface area (TPSA) is 73.9 Å². The van der Waals surface area contributed by atoms with E-state index in [0.717, 1.165) is 22.1 Å². The Balaban J connectivity index is 1.84. The molecule has 7 heteroatoms. The maximum Gasteiger partial charge on any atom is 0.244 e. The minimum absolute atomic E-state index is 0.0369. The second kappa shape index (κ2) is 7.85. The molecule has 0 aliphatic carbocycles. The number of methoxy groups -OCH3 is 3. The van der Waals surface area contributed by atoms with Gasteiger partial charge < -0.3 is 14.2 Å². The summed E-state index contributed by atoms with van der Waals surface area (Å²) in [7, 11) is 0.760. The molecule has 0 saturated heterocycles. The van der Waals surface area contributed by atoms with Gasteiger partial charge in [0, 0.05) is 12.6 Å². The summed E-state index contributed by atoms with van der Waals surface area (Å²) in [5, 5.41) is 2.03. The Hall–Kier alpha value is -2.77. The standard InChI is InChI=1S/C20H21NO5S/c1-24-17-7-6-15-10-14(4-5-16(15)11-17)13-21-27(22,23)20-12-18(25-2)8-9-19(20)26-3/h4-12,21H,13H2,1-3H3. The van der Waals surface area contributed by atoms with E-state index in [0.29, 0.717) is 5.75 Å². The largest absolute Gasteiger partial charge is 0.497 e. The van der Waals surface area contributed by atoms with Crippen molar-refractivity contribution in [2.45, 2.75) is 11.4 Å². The van der Waals surface area contributed by atoms with E-state index >= 15 is 0 Å². The van der Waals surface area contributed by atoms with Gasteiger partial charge in [-0.25, -0.2) is 13.1 Å². The highest BCUT2D eigenvalue weighted by Gasteiger charge is 2.20. The van der Waals surface area contributed by atoms with Crippen LogP contribution in [0.4, 0.5) is 0 Å².